The standard InChI is InChI=1S/C16H12FN5O/c1-9-15-21-20-14-12(17)7-11(23-2)8-13(14)22(15)16(19-9)10-3-5-18-6-4-10/h3-8H,1-2H3. The molecule has 0 aliphatic rings. The van der Waals surface area contributed by atoms with Crippen LogP contribution >= 0.6 is 0 Å². The molecule has 6 nitrogen and oxygen atoms in total. The van der Waals surface area contributed by atoms with Crippen molar-refractivity contribution in [3.63, 3.8) is 0 Å². The van der Waals surface area contributed by atoms with Gasteiger partial charge in [-0.1, -0.05) is 0 Å². The largest absolute Gasteiger partial charge is 0.497 e. The minimum atomic E-state index is -0.485. The number of nitrogens with zero attached hydrogens (tertiary/aromatic N) is 5. The van der Waals surface area contributed by atoms with Gasteiger partial charge in [-0.15, -0.1) is 10.2 Å². The smallest absolute Gasteiger partial charge is 0.183 e. The van der Waals surface area contributed by atoms with Crippen LogP contribution in [0.5, 0.6) is 5.75 Å². The number of methoxy groups -OCH3 is 1. The Hall–Kier alpha value is -3.09. The normalized spacial score (nSPS) is 11.3. The molecule has 0 N–H and O–H groups in total. The van der Waals surface area contributed by atoms with Crippen molar-refractivity contribution >= 4 is 16.7 Å². The molecule has 4 rings (SSSR count). The van der Waals surface area contributed by atoms with Crippen LogP contribution in [0.2, 0.25) is 0 Å². The molecule has 4 aromatic rings. The van der Waals surface area contributed by atoms with Crippen LogP contribution in [0.3, 0.4) is 0 Å². The summed E-state index contributed by atoms with van der Waals surface area (Å²) >= 11 is 0. The van der Waals surface area contributed by atoms with Crippen LogP contribution in [0, 0.1) is 12.7 Å². The Morgan fingerprint density at radius 2 is 1.91 bits per heavy atom. The number of halogens is 1. The first kappa shape index (κ1) is 13.6. The van der Waals surface area contributed by atoms with Crippen LogP contribution in [-0.2, 0) is 0 Å². The molecule has 0 spiro atoms. The Morgan fingerprint density at radius 3 is 2.65 bits per heavy atom. The van der Waals surface area contributed by atoms with Crippen LogP contribution in [0.25, 0.3) is 28.1 Å². The molecule has 0 radical (unpaired) electrons. The fourth-order valence-corrected chi connectivity index (χ4v) is 2.61. The van der Waals surface area contributed by atoms with E-state index < -0.39 is 5.82 Å². The van der Waals surface area contributed by atoms with Gasteiger partial charge >= 0.3 is 0 Å². The highest BCUT2D eigenvalue weighted by Gasteiger charge is 2.17. The van der Waals surface area contributed by atoms with Crippen molar-refractivity contribution in [1.29, 1.82) is 0 Å². The molecule has 0 saturated heterocycles. The van der Waals surface area contributed by atoms with E-state index in [4.69, 9.17) is 4.74 Å². The van der Waals surface area contributed by atoms with Gasteiger partial charge in [0.15, 0.2) is 11.5 Å². The van der Waals surface area contributed by atoms with Gasteiger partial charge in [-0.25, -0.2) is 9.37 Å². The number of aromatic nitrogens is 5. The van der Waals surface area contributed by atoms with Gasteiger partial charge in [0.1, 0.15) is 17.1 Å². The lowest BCUT2D eigenvalue weighted by Gasteiger charge is -2.07. The van der Waals surface area contributed by atoms with Gasteiger partial charge in [-0.05, 0) is 19.1 Å². The lowest BCUT2D eigenvalue weighted by Crippen LogP contribution is -2.00. The lowest BCUT2D eigenvalue weighted by molar-refractivity contribution is 0.412. The average Bonchev–Trinajstić information content (AvgIpc) is 2.93. The molecule has 3 aromatic heterocycles. The predicted octanol–water partition coefficient (Wildman–Crippen LogP) is 2.80. The summed E-state index contributed by atoms with van der Waals surface area (Å²) in [6.45, 7) is 1.84. The van der Waals surface area contributed by atoms with E-state index in [-0.39, 0.29) is 5.52 Å². The van der Waals surface area contributed by atoms with Crippen molar-refractivity contribution in [2.75, 3.05) is 7.11 Å². The van der Waals surface area contributed by atoms with Gasteiger partial charge in [0.25, 0.3) is 0 Å². The Bertz CT molecular complexity index is 1030. The maximum atomic E-state index is 14.3. The predicted molar refractivity (Wildman–Crippen MR) is 82.8 cm³/mol. The van der Waals surface area contributed by atoms with Gasteiger partial charge in [0.2, 0.25) is 0 Å². The molecule has 23 heavy (non-hydrogen) atoms. The molecule has 0 saturated carbocycles. The van der Waals surface area contributed by atoms with E-state index >= 15 is 0 Å². The third kappa shape index (κ3) is 2.01. The maximum Gasteiger partial charge on any atom is 0.183 e. The summed E-state index contributed by atoms with van der Waals surface area (Å²) in [6.07, 6.45) is 3.37. The fraction of sp³-hybridized carbons (Fsp3) is 0.125. The second-order valence-corrected chi connectivity index (χ2v) is 5.09. The van der Waals surface area contributed by atoms with E-state index in [0.29, 0.717) is 22.7 Å². The molecule has 0 atom stereocenters. The van der Waals surface area contributed by atoms with Crippen molar-refractivity contribution in [3.8, 4) is 17.1 Å². The summed E-state index contributed by atoms with van der Waals surface area (Å²) in [7, 11) is 1.50. The van der Waals surface area contributed by atoms with Crippen molar-refractivity contribution in [3.05, 3.63) is 48.2 Å². The number of pyridine rings is 1. The summed E-state index contributed by atoms with van der Waals surface area (Å²) in [4.78, 5) is 8.58. The molecule has 114 valence electrons. The number of fused-ring (bicyclic) bond motifs is 3. The van der Waals surface area contributed by atoms with Gasteiger partial charge in [0.05, 0.1) is 18.3 Å². The zero-order valence-corrected chi connectivity index (χ0v) is 12.5. The SMILES string of the molecule is COc1cc(F)c2nnc3c(C)nc(-c4ccncc4)n3c2c1. The van der Waals surface area contributed by atoms with E-state index in [9.17, 15) is 4.39 Å². The molecule has 3 heterocycles. The number of rotatable bonds is 2. The van der Waals surface area contributed by atoms with Crippen LogP contribution in [0.15, 0.2) is 36.7 Å². The van der Waals surface area contributed by atoms with E-state index in [1.54, 1.807) is 22.9 Å². The Morgan fingerprint density at radius 1 is 1.13 bits per heavy atom. The summed E-state index contributed by atoms with van der Waals surface area (Å²) in [5.41, 5.74) is 2.89. The highest BCUT2D eigenvalue weighted by atomic mass is 19.1. The molecule has 0 fully saturated rings. The molecule has 0 aliphatic heterocycles. The molecular weight excluding hydrogens is 297 g/mol. The number of hydrogen-bond donors (Lipinski definition) is 0. The van der Waals surface area contributed by atoms with Crippen LogP contribution < -0.4 is 4.74 Å². The quantitative estimate of drug-likeness (QED) is 0.569. The van der Waals surface area contributed by atoms with E-state index in [0.717, 1.165) is 11.3 Å². The van der Waals surface area contributed by atoms with Crippen molar-refractivity contribution in [1.82, 2.24) is 24.6 Å². The van der Waals surface area contributed by atoms with Gasteiger partial charge in [-0.3, -0.25) is 9.38 Å². The summed E-state index contributed by atoms with van der Waals surface area (Å²) in [6, 6.07) is 6.71. The maximum absolute atomic E-state index is 14.3. The van der Waals surface area contributed by atoms with Crippen LogP contribution in [0.1, 0.15) is 5.69 Å². The highest BCUT2D eigenvalue weighted by Crippen LogP contribution is 2.28. The minimum absolute atomic E-state index is 0.172. The monoisotopic (exact) mass is 309 g/mol. The first-order chi connectivity index (χ1) is 11.2. The van der Waals surface area contributed by atoms with Crippen LogP contribution in [-0.4, -0.2) is 31.7 Å². The molecule has 0 aliphatic carbocycles. The second kappa shape index (κ2) is 4.98. The molecule has 0 unspecified atom stereocenters. The number of benzene rings is 1. The fourth-order valence-electron chi connectivity index (χ4n) is 2.61. The van der Waals surface area contributed by atoms with E-state index in [1.165, 1.54) is 13.2 Å². The summed E-state index contributed by atoms with van der Waals surface area (Å²) in [5, 5.41) is 8.12. The first-order valence-corrected chi connectivity index (χ1v) is 6.98. The topological polar surface area (TPSA) is 65.2 Å². The minimum Gasteiger partial charge on any atom is -0.497 e. The Kier molecular flexibility index (Phi) is 2.94. The lowest BCUT2D eigenvalue weighted by atomic mass is 10.2. The van der Waals surface area contributed by atoms with Crippen molar-refractivity contribution in [2.45, 2.75) is 6.92 Å². The highest BCUT2D eigenvalue weighted by molar-refractivity contribution is 5.82. The molecule has 1 aromatic carbocycles. The first-order valence-electron chi connectivity index (χ1n) is 6.98. The molecular formula is C16H12FN5O. The molecule has 0 amide bonds. The zero-order chi connectivity index (χ0) is 16.0. The number of hydrogen-bond acceptors (Lipinski definition) is 5. The third-order valence-corrected chi connectivity index (χ3v) is 3.70. The van der Waals surface area contributed by atoms with Gasteiger partial charge in [0, 0.05) is 30.1 Å². The Labute approximate surface area is 130 Å². The van der Waals surface area contributed by atoms with E-state index in [2.05, 4.69) is 20.2 Å². The summed E-state index contributed by atoms with van der Waals surface area (Å²) in [5.74, 6) is 0.588. The third-order valence-electron chi connectivity index (χ3n) is 3.70. The van der Waals surface area contributed by atoms with Crippen molar-refractivity contribution < 1.29 is 9.13 Å². The van der Waals surface area contributed by atoms with Crippen LogP contribution in [0.4, 0.5) is 4.39 Å². The average molecular weight is 309 g/mol. The molecule has 0 bridgehead atoms. The molecule has 7 heteroatoms. The second-order valence-electron chi connectivity index (χ2n) is 5.09. The number of imidazole rings is 1. The number of ether oxygens (including phenoxy) is 1. The van der Waals surface area contributed by atoms with Crippen molar-refractivity contribution in [2.24, 2.45) is 0 Å². The summed E-state index contributed by atoms with van der Waals surface area (Å²) < 4.78 is 21.2. The number of aryl methyl sites for hydroxylation is 1. The van der Waals surface area contributed by atoms with Gasteiger partial charge in [-0.2, -0.15) is 0 Å². The van der Waals surface area contributed by atoms with E-state index in [1.807, 2.05) is 19.1 Å². The van der Waals surface area contributed by atoms with Gasteiger partial charge < -0.3 is 4.74 Å². The Balaban J connectivity index is 2.18. The zero-order valence-electron chi connectivity index (χ0n) is 12.5.